The van der Waals surface area contributed by atoms with E-state index in [1.807, 2.05) is 0 Å². The predicted molar refractivity (Wildman–Crippen MR) is 63.5 cm³/mol. The third-order valence-electron chi connectivity index (χ3n) is 3.43. The average Bonchev–Trinajstić information content (AvgIpc) is 2.76. The molecule has 1 heterocycles. The van der Waals surface area contributed by atoms with E-state index >= 15 is 0 Å². The molecular formula is C11H19N3S. The Hall–Kier alpha value is -0.640. The second-order valence-corrected chi connectivity index (χ2v) is 4.94. The minimum Gasteiger partial charge on any atom is -0.304 e. The molecule has 2 rings (SSSR count). The van der Waals surface area contributed by atoms with Gasteiger partial charge in [-0.1, -0.05) is 20.3 Å². The molecule has 84 valence electrons. The van der Waals surface area contributed by atoms with Crippen LogP contribution in [0.4, 0.5) is 0 Å². The largest absolute Gasteiger partial charge is 0.304 e. The number of aromatic amines is 1. The molecule has 0 bridgehead atoms. The Morgan fingerprint density at radius 3 is 2.93 bits per heavy atom. The van der Waals surface area contributed by atoms with Gasteiger partial charge < -0.3 is 4.57 Å². The van der Waals surface area contributed by atoms with Crippen LogP contribution < -0.4 is 0 Å². The lowest BCUT2D eigenvalue weighted by Gasteiger charge is -2.15. The first-order valence-electron chi connectivity index (χ1n) is 5.89. The Kier molecular flexibility index (Phi) is 3.24. The Bertz CT molecular complexity index is 379. The van der Waals surface area contributed by atoms with Crippen molar-refractivity contribution in [3.8, 4) is 0 Å². The smallest absolute Gasteiger partial charge is 0.195 e. The zero-order chi connectivity index (χ0) is 10.8. The fourth-order valence-corrected chi connectivity index (χ4v) is 2.81. The minimum absolute atomic E-state index is 0.615. The summed E-state index contributed by atoms with van der Waals surface area (Å²) in [6.45, 7) is 5.50. The van der Waals surface area contributed by atoms with E-state index in [0.717, 1.165) is 23.7 Å². The lowest BCUT2D eigenvalue weighted by Crippen LogP contribution is -2.11. The van der Waals surface area contributed by atoms with Gasteiger partial charge in [-0.25, -0.2) is 0 Å². The van der Waals surface area contributed by atoms with Crippen LogP contribution in [0.5, 0.6) is 0 Å². The number of nitrogens with zero attached hydrogens (tertiary/aromatic N) is 2. The maximum Gasteiger partial charge on any atom is 0.195 e. The molecule has 15 heavy (non-hydrogen) atoms. The number of hydrogen-bond acceptors (Lipinski definition) is 2. The molecular weight excluding hydrogens is 206 g/mol. The molecule has 2 unspecified atom stereocenters. The van der Waals surface area contributed by atoms with Crippen LogP contribution in [0.25, 0.3) is 0 Å². The van der Waals surface area contributed by atoms with Gasteiger partial charge in [0.1, 0.15) is 5.82 Å². The van der Waals surface area contributed by atoms with Crippen LogP contribution >= 0.6 is 12.2 Å². The first kappa shape index (κ1) is 10.9. The van der Waals surface area contributed by atoms with Crippen molar-refractivity contribution in [3.05, 3.63) is 10.6 Å². The highest BCUT2D eigenvalue weighted by Crippen LogP contribution is 2.38. The maximum atomic E-state index is 5.26. The topological polar surface area (TPSA) is 33.6 Å². The van der Waals surface area contributed by atoms with Gasteiger partial charge in [0.05, 0.1) is 0 Å². The zero-order valence-electron chi connectivity index (χ0n) is 9.49. The van der Waals surface area contributed by atoms with Crippen molar-refractivity contribution in [2.24, 2.45) is 5.92 Å². The van der Waals surface area contributed by atoms with Crippen molar-refractivity contribution in [3.63, 3.8) is 0 Å². The fraction of sp³-hybridized carbons (Fsp3) is 0.818. The first-order chi connectivity index (χ1) is 7.24. The second kappa shape index (κ2) is 4.47. The maximum absolute atomic E-state index is 5.26. The van der Waals surface area contributed by atoms with Gasteiger partial charge in [-0.2, -0.15) is 5.10 Å². The molecule has 0 aliphatic heterocycles. The molecule has 0 amide bonds. The summed E-state index contributed by atoms with van der Waals surface area (Å²) < 4.78 is 2.97. The lowest BCUT2D eigenvalue weighted by atomic mass is 9.97. The van der Waals surface area contributed by atoms with E-state index in [0.29, 0.717) is 5.92 Å². The third-order valence-corrected chi connectivity index (χ3v) is 3.74. The molecule has 0 radical (unpaired) electrons. The van der Waals surface area contributed by atoms with Crippen molar-refractivity contribution in [1.82, 2.24) is 14.8 Å². The molecule has 1 saturated carbocycles. The molecule has 1 aliphatic carbocycles. The van der Waals surface area contributed by atoms with Gasteiger partial charge in [0, 0.05) is 12.5 Å². The SMILES string of the molecule is CCCn1c(C2CCCC2C)n[nH]c1=S. The third kappa shape index (κ3) is 2.00. The van der Waals surface area contributed by atoms with Crippen LogP contribution in [0.1, 0.15) is 51.3 Å². The van der Waals surface area contributed by atoms with Crippen LogP contribution in [0.3, 0.4) is 0 Å². The second-order valence-electron chi connectivity index (χ2n) is 4.55. The van der Waals surface area contributed by atoms with Crippen molar-refractivity contribution in [2.45, 2.75) is 52.0 Å². The number of hydrogen-bond donors (Lipinski definition) is 1. The lowest BCUT2D eigenvalue weighted by molar-refractivity contribution is 0.479. The van der Waals surface area contributed by atoms with Crippen LogP contribution in [0, 0.1) is 10.7 Å². The number of H-pyrrole nitrogens is 1. The fourth-order valence-electron chi connectivity index (χ4n) is 2.58. The molecule has 1 aromatic heterocycles. The summed E-state index contributed by atoms with van der Waals surface area (Å²) in [5.74, 6) is 2.56. The van der Waals surface area contributed by atoms with Crippen molar-refractivity contribution in [1.29, 1.82) is 0 Å². The minimum atomic E-state index is 0.615. The van der Waals surface area contributed by atoms with E-state index in [4.69, 9.17) is 12.2 Å². The van der Waals surface area contributed by atoms with E-state index in [1.54, 1.807) is 0 Å². The van der Waals surface area contributed by atoms with Crippen molar-refractivity contribution >= 4 is 12.2 Å². The summed E-state index contributed by atoms with van der Waals surface area (Å²) in [6, 6.07) is 0. The van der Waals surface area contributed by atoms with E-state index in [-0.39, 0.29) is 0 Å². The average molecular weight is 225 g/mol. The van der Waals surface area contributed by atoms with Gasteiger partial charge in [0.25, 0.3) is 0 Å². The van der Waals surface area contributed by atoms with Gasteiger partial charge in [0.15, 0.2) is 4.77 Å². The van der Waals surface area contributed by atoms with Crippen molar-refractivity contribution in [2.75, 3.05) is 0 Å². The van der Waals surface area contributed by atoms with Crippen LogP contribution in [0.2, 0.25) is 0 Å². The molecule has 1 fully saturated rings. The summed E-state index contributed by atoms with van der Waals surface area (Å²) in [5, 5.41) is 7.35. The van der Waals surface area contributed by atoms with Crippen LogP contribution in [0.15, 0.2) is 0 Å². The molecule has 2 atom stereocenters. The molecule has 1 aliphatic rings. The molecule has 1 aromatic rings. The van der Waals surface area contributed by atoms with Gasteiger partial charge in [-0.05, 0) is 37.4 Å². The summed E-state index contributed by atoms with van der Waals surface area (Å²) in [4.78, 5) is 0. The Morgan fingerprint density at radius 1 is 1.53 bits per heavy atom. The summed E-state index contributed by atoms with van der Waals surface area (Å²) in [5.41, 5.74) is 0. The Labute approximate surface area is 95.9 Å². The number of rotatable bonds is 3. The van der Waals surface area contributed by atoms with E-state index in [2.05, 4.69) is 28.6 Å². The van der Waals surface area contributed by atoms with E-state index in [9.17, 15) is 0 Å². The molecule has 0 spiro atoms. The Balaban J connectivity index is 2.30. The monoisotopic (exact) mass is 225 g/mol. The highest BCUT2D eigenvalue weighted by molar-refractivity contribution is 7.71. The molecule has 0 aromatic carbocycles. The zero-order valence-corrected chi connectivity index (χ0v) is 10.3. The quantitative estimate of drug-likeness (QED) is 0.801. The van der Waals surface area contributed by atoms with Gasteiger partial charge in [0.2, 0.25) is 0 Å². The number of aromatic nitrogens is 3. The van der Waals surface area contributed by atoms with Crippen LogP contribution in [-0.4, -0.2) is 14.8 Å². The standard InChI is InChI=1S/C11H19N3S/c1-3-7-14-10(12-13-11(14)15)9-6-4-5-8(9)2/h8-9H,3-7H2,1-2H3,(H,13,15). The molecule has 3 nitrogen and oxygen atoms in total. The predicted octanol–water partition coefficient (Wildman–Crippen LogP) is 3.25. The Morgan fingerprint density at radius 2 is 2.33 bits per heavy atom. The highest BCUT2D eigenvalue weighted by Gasteiger charge is 2.28. The normalized spacial score (nSPS) is 26.0. The van der Waals surface area contributed by atoms with Gasteiger partial charge in [-0.15, -0.1) is 0 Å². The first-order valence-corrected chi connectivity index (χ1v) is 6.30. The molecule has 0 saturated heterocycles. The van der Waals surface area contributed by atoms with Crippen molar-refractivity contribution < 1.29 is 0 Å². The van der Waals surface area contributed by atoms with Gasteiger partial charge >= 0.3 is 0 Å². The highest BCUT2D eigenvalue weighted by atomic mass is 32.1. The van der Waals surface area contributed by atoms with Gasteiger partial charge in [-0.3, -0.25) is 5.10 Å². The summed E-state index contributed by atoms with van der Waals surface area (Å²) in [7, 11) is 0. The molecule has 1 N–H and O–H groups in total. The number of nitrogens with one attached hydrogen (secondary N) is 1. The summed E-state index contributed by atoms with van der Waals surface area (Å²) >= 11 is 5.26. The van der Waals surface area contributed by atoms with Crippen LogP contribution in [-0.2, 0) is 6.54 Å². The molecule has 4 heteroatoms. The van der Waals surface area contributed by atoms with E-state index < -0.39 is 0 Å². The summed E-state index contributed by atoms with van der Waals surface area (Å²) in [6.07, 6.45) is 5.04. The van der Waals surface area contributed by atoms with E-state index in [1.165, 1.54) is 25.1 Å².